The van der Waals surface area contributed by atoms with E-state index in [9.17, 15) is 9.59 Å². The van der Waals surface area contributed by atoms with Crippen LogP contribution >= 0.6 is 0 Å². The number of nitrogens with one attached hydrogen (secondary N) is 2. The Morgan fingerprint density at radius 3 is 2.61 bits per heavy atom. The van der Waals surface area contributed by atoms with Crippen molar-refractivity contribution in [3.05, 3.63) is 41.6 Å². The molecule has 0 aliphatic rings. The molecule has 120 valence electrons. The van der Waals surface area contributed by atoms with E-state index in [-0.39, 0.29) is 17.3 Å². The van der Waals surface area contributed by atoms with Crippen molar-refractivity contribution in [2.24, 2.45) is 11.5 Å². The summed E-state index contributed by atoms with van der Waals surface area (Å²) < 4.78 is 0. The van der Waals surface area contributed by atoms with Crippen LogP contribution in [0.2, 0.25) is 0 Å². The summed E-state index contributed by atoms with van der Waals surface area (Å²) in [4.78, 5) is 30.8. The summed E-state index contributed by atoms with van der Waals surface area (Å²) in [6.07, 6.45) is 1.30. The van der Waals surface area contributed by atoms with Gasteiger partial charge in [0.25, 0.3) is 5.91 Å². The molecule has 2 amide bonds. The number of carbonyl (C=O) groups excluding carboxylic acids is 2. The second-order valence-electron chi connectivity index (χ2n) is 5.08. The third-order valence-corrected chi connectivity index (χ3v) is 3.11. The van der Waals surface area contributed by atoms with Crippen LogP contribution in [0.1, 0.15) is 22.8 Å². The average Bonchev–Trinajstić information content (AvgIpc) is 2.47. The van der Waals surface area contributed by atoms with Gasteiger partial charge in [-0.1, -0.05) is 12.1 Å². The molecule has 0 bridgehead atoms. The van der Waals surface area contributed by atoms with Gasteiger partial charge in [-0.05, 0) is 31.5 Å². The minimum Gasteiger partial charge on any atom is -0.368 e. The first-order chi connectivity index (χ1) is 10.9. The zero-order valence-electron chi connectivity index (χ0n) is 12.8. The maximum atomic E-state index is 11.5. The van der Waals surface area contributed by atoms with Gasteiger partial charge in [-0.25, -0.2) is 4.98 Å². The number of rotatable bonds is 6. The predicted molar refractivity (Wildman–Crippen MR) is 87.3 cm³/mol. The molecular weight excluding hydrogens is 296 g/mol. The van der Waals surface area contributed by atoms with Crippen LogP contribution in [0.25, 0.3) is 0 Å². The molecule has 8 heteroatoms. The van der Waals surface area contributed by atoms with Crippen LogP contribution in [0, 0.1) is 6.92 Å². The lowest BCUT2D eigenvalue weighted by atomic mass is 10.2. The minimum absolute atomic E-state index is 0.142. The smallest absolute Gasteiger partial charge is 0.254 e. The molecule has 1 aromatic heterocycles. The zero-order valence-corrected chi connectivity index (χ0v) is 12.8. The van der Waals surface area contributed by atoms with Crippen molar-refractivity contribution in [1.29, 1.82) is 0 Å². The van der Waals surface area contributed by atoms with Crippen molar-refractivity contribution >= 4 is 29.3 Å². The van der Waals surface area contributed by atoms with Crippen molar-refractivity contribution < 1.29 is 9.59 Å². The Kier molecular flexibility index (Phi) is 4.75. The third-order valence-electron chi connectivity index (χ3n) is 3.11. The summed E-state index contributed by atoms with van der Waals surface area (Å²) in [5.41, 5.74) is 12.5. The van der Waals surface area contributed by atoms with Gasteiger partial charge in [-0.2, -0.15) is 4.98 Å². The first-order valence-electron chi connectivity index (χ1n) is 6.93. The van der Waals surface area contributed by atoms with Gasteiger partial charge >= 0.3 is 0 Å². The molecule has 0 saturated heterocycles. The van der Waals surface area contributed by atoms with Gasteiger partial charge in [-0.3, -0.25) is 9.59 Å². The monoisotopic (exact) mass is 314 g/mol. The molecule has 0 aliphatic heterocycles. The van der Waals surface area contributed by atoms with E-state index in [1.54, 1.807) is 6.92 Å². The SMILES string of the molecule is Cc1cccc(Nc2nc(NC(C)C(N)=O)ncc2C(N)=O)c1. The molecule has 1 atom stereocenters. The minimum atomic E-state index is -0.658. The Labute approximate surface area is 133 Å². The molecule has 23 heavy (non-hydrogen) atoms. The third kappa shape index (κ3) is 4.16. The number of aryl methyl sites for hydroxylation is 1. The van der Waals surface area contributed by atoms with Crippen LogP contribution in [-0.4, -0.2) is 27.8 Å². The number of aromatic nitrogens is 2. The second-order valence-corrected chi connectivity index (χ2v) is 5.08. The summed E-state index contributed by atoms with van der Waals surface area (Å²) in [6.45, 7) is 3.53. The molecule has 1 heterocycles. The van der Waals surface area contributed by atoms with Crippen molar-refractivity contribution in [1.82, 2.24) is 9.97 Å². The molecule has 0 fully saturated rings. The molecule has 2 aromatic rings. The predicted octanol–water partition coefficient (Wildman–Crippen LogP) is 0.913. The fraction of sp³-hybridized carbons (Fsp3) is 0.200. The van der Waals surface area contributed by atoms with Gasteiger partial charge in [0.15, 0.2) is 0 Å². The summed E-state index contributed by atoms with van der Waals surface area (Å²) in [5, 5.41) is 5.79. The van der Waals surface area contributed by atoms with Crippen molar-refractivity contribution in [3.8, 4) is 0 Å². The number of hydrogen-bond donors (Lipinski definition) is 4. The lowest BCUT2D eigenvalue weighted by Gasteiger charge is -2.13. The lowest BCUT2D eigenvalue weighted by molar-refractivity contribution is -0.118. The van der Waals surface area contributed by atoms with Crippen LogP contribution in [0.5, 0.6) is 0 Å². The van der Waals surface area contributed by atoms with E-state index in [1.807, 2.05) is 31.2 Å². The number of nitrogens with two attached hydrogens (primary N) is 2. The number of nitrogens with zero attached hydrogens (tertiary/aromatic N) is 2. The summed E-state index contributed by atoms with van der Waals surface area (Å²) in [6, 6.07) is 6.89. The molecule has 0 spiro atoms. The standard InChI is InChI=1S/C15H18N6O2/c1-8-4-3-5-10(6-8)20-14-11(13(17)23)7-18-15(21-14)19-9(2)12(16)22/h3-7,9H,1-2H3,(H2,16,22)(H2,17,23)(H2,18,19,20,21). The molecule has 0 aliphatic carbocycles. The number of benzene rings is 1. The van der Waals surface area contributed by atoms with Crippen LogP contribution in [0.4, 0.5) is 17.5 Å². The quantitative estimate of drug-likeness (QED) is 0.625. The Hall–Kier alpha value is -3.16. The first kappa shape index (κ1) is 16.2. The highest BCUT2D eigenvalue weighted by Gasteiger charge is 2.15. The molecule has 2 rings (SSSR count). The molecule has 0 saturated carbocycles. The van der Waals surface area contributed by atoms with Crippen LogP contribution < -0.4 is 22.1 Å². The number of amides is 2. The molecule has 6 N–H and O–H groups in total. The van der Waals surface area contributed by atoms with Crippen molar-refractivity contribution in [2.75, 3.05) is 10.6 Å². The van der Waals surface area contributed by atoms with E-state index < -0.39 is 17.9 Å². The van der Waals surface area contributed by atoms with Crippen LogP contribution in [0.15, 0.2) is 30.5 Å². The highest BCUT2D eigenvalue weighted by Crippen LogP contribution is 2.20. The first-order valence-corrected chi connectivity index (χ1v) is 6.93. The van der Waals surface area contributed by atoms with Gasteiger partial charge in [-0.15, -0.1) is 0 Å². The van der Waals surface area contributed by atoms with Gasteiger partial charge < -0.3 is 22.1 Å². The van der Waals surface area contributed by atoms with E-state index in [0.29, 0.717) is 0 Å². The van der Waals surface area contributed by atoms with Gasteiger partial charge in [0, 0.05) is 11.9 Å². The van der Waals surface area contributed by atoms with E-state index >= 15 is 0 Å². The highest BCUT2D eigenvalue weighted by atomic mass is 16.1. The largest absolute Gasteiger partial charge is 0.368 e. The molecule has 0 radical (unpaired) electrons. The molecule has 8 nitrogen and oxygen atoms in total. The van der Waals surface area contributed by atoms with Gasteiger partial charge in [0.2, 0.25) is 11.9 Å². The maximum absolute atomic E-state index is 11.5. The fourth-order valence-electron chi connectivity index (χ4n) is 1.85. The summed E-state index contributed by atoms with van der Waals surface area (Å²) >= 11 is 0. The Morgan fingerprint density at radius 2 is 2.00 bits per heavy atom. The van der Waals surface area contributed by atoms with E-state index in [1.165, 1.54) is 6.20 Å². The molecular formula is C15H18N6O2. The van der Waals surface area contributed by atoms with Crippen LogP contribution in [0.3, 0.4) is 0 Å². The van der Waals surface area contributed by atoms with Gasteiger partial charge in [0.1, 0.15) is 17.4 Å². The topological polar surface area (TPSA) is 136 Å². The van der Waals surface area contributed by atoms with E-state index in [0.717, 1.165) is 11.3 Å². The van der Waals surface area contributed by atoms with E-state index in [4.69, 9.17) is 11.5 Å². The number of hydrogen-bond acceptors (Lipinski definition) is 6. The lowest BCUT2D eigenvalue weighted by Crippen LogP contribution is -2.33. The van der Waals surface area contributed by atoms with Crippen LogP contribution in [-0.2, 0) is 4.79 Å². The maximum Gasteiger partial charge on any atom is 0.254 e. The Balaban J connectivity index is 2.34. The number of carbonyl (C=O) groups is 2. The second kappa shape index (κ2) is 6.73. The molecule has 1 aromatic carbocycles. The zero-order chi connectivity index (χ0) is 17.0. The number of anilines is 3. The Bertz CT molecular complexity index is 746. The summed E-state index contributed by atoms with van der Waals surface area (Å²) in [7, 11) is 0. The average molecular weight is 314 g/mol. The molecule has 1 unspecified atom stereocenters. The van der Waals surface area contributed by atoms with Gasteiger partial charge in [0.05, 0.1) is 0 Å². The van der Waals surface area contributed by atoms with Crippen molar-refractivity contribution in [2.45, 2.75) is 19.9 Å². The number of primary amides is 2. The van der Waals surface area contributed by atoms with Crippen molar-refractivity contribution in [3.63, 3.8) is 0 Å². The normalized spacial score (nSPS) is 11.6. The fourth-order valence-corrected chi connectivity index (χ4v) is 1.85. The summed E-state index contributed by atoms with van der Waals surface area (Å²) in [5.74, 6) is -0.788. The Morgan fingerprint density at radius 1 is 1.26 bits per heavy atom. The van der Waals surface area contributed by atoms with E-state index in [2.05, 4.69) is 20.6 Å². The highest BCUT2D eigenvalue weighted by molar-refractivity contribution is 5.98.